The molecule has 2 N–H and O–H groups in total. The molecule has 0 unspecified atom stereocenters. The summed E-state index contributed by atoms with van der Waals surface area (Å²) in [5, 5.41) is 5.32. The van der Waals surface area contributed by atoms with Gasteiger partial charge >= 0.3 is 5.97 Å². The van der Waals surface area contributed by atoms with Crippen molar-refractivity contribution in [3.8, 4) is 0 Å². The lowest BCUT2D eigenvalue weighted by Crippen LogP contribution is -2.37. The van der Waals surface area contributed by atoms with E-state index in [-0.39, 0.29) is 11.8 Å². The number of nitrogens with one attached hydrogen (secondary N) is 2. The molecule has 1 fully saturated rings. The zero-order valence-corrected chi connectivity index (χ0v) is 13.0. The van der Waals surface area contributed by atoms with Gasteiger partial charge in [0.2, 0.25) is 11.8 Å². The second-order valence-corrected chi connectivity index (χ2v) is 5.42. The Morgan fingerprint density at radius 2 is 2.24 bits per heavy atom. The third kappa shape index (κ3) is 3.81. The number of esters is 1. The highest BCUT2D eigenvalue weighted by molar-refractivity contribution is 9.10. The van der Waals surface area contributed by atoms with E-state index in [0.717, 1.165) is 0 Å². The monoisotopic (exact) mass is 354 g/mol. The molecule has 2 amide bonds. The normalized spacial score (nSPS) is 17.2. The van der Waals surface area contributed by atoms with Crippen LogP contribution in [0, 0.1) is 0 Å². The van der Waals surface area contributed by atoms with Crippen molar-refractivity contribution < 1.29 is 19.1 Å². The summed E-state index contributed by atoms with van der Waals surface area (Å²) in [4.78, 5) is 34.7. The van der Waals surface area contributed by atoms with Gasteiger partial charge < -0.3 is 15.4 Å². The molecule has 7 heteroatoms. The number of anilines is 1. The number of benzene rings is 1. The van der Waals surface area contributed by atoms with Gasteiger partial charge in [-0.05, 0) is 47.5 Å². The Morgan fingerprint density at radius 3 is 2.81 bits per heavy atom. The summed E-state index contributed by atoms with van der Waals surface area (Å²) < 4.78 is 5.48. The van der Waals surface area contributed by atoms with Crippen LogP contribution in [0.5, 0.6) is 0 Å². The lowest BCUT2D eigenvalue weighted by Gasteiger charge is -2.12. The summed E-state index contributed by atoms with van der Waals surface area (Å²) in [5.74, 6) is -0.809. The molecule has 1 saturated heterocycles. The molecule has 0 spiro atoms. The number of rotatable bonds is 4. The van der Waals surface area contributed by atoms with E-state index in [2.05, 4.69) is 26.6 Å². The molecular formula is C14H15BrN2O4. The molecule has 1 aliphatic rings. The van der Waals surface area contributed by atoms with Crippen molar-refractivity contribution in [3.63, 3.8) is 0 Å². The molecule has 0 bridgehead atoms. The van der Waals surface area contributed by atoms with Crippen molar-refractivity contribution in [1.82, 2.24) is 5.32 Å². The molecular weight excluding hydrogens is 340 g/mol. The van der Waals surface area contributed by atoms with Gasteiger partial charge in [0, 0.05) is 10.9 Å². The van der Waals surface area contributed by atoms with E-state index in [9.17, 15) is 14.4 Å². The van der Waals surface area contributed by atoms with Gasteiger partial charge in [-0.15, -0.1) is 0 Å². The highest BCUT2D eigenvalue weighted by atomic mass is 79.9. The molecule has 0 aromatic heterocycles. The second kappa shape index (κ2) is 6.71. The third-order valence-corrected chi connectivity index (χ3v) is 3.71. The summed E-state index contributed by atoms with van der Waals surface area (Å²) in [6.07, 6.45) is 0.851. The summed E-state index contributed by atoms with van der Waals surface area (Å²) in [5.41, 5.74) is 0.935. The number of hydrogen-bond donors (Lipinski definition) is 2. The lowest BCUT2D eigenvalue weighted by atomic mass is 10.2. The predicted molar refractivity (Wildman–Crippen MR) is 79.9 cm³/mol. The number of carbonyl (C=O) groups excluding carboxylic acids is 3. The minimum Gasteiger partial charge on any atom is -0.462 e. The maximum atomic E-state index is 12.0. The van der Waals surface area contributed by atoms with Gasteiger partial charge in [-0.1, -0.05) is 0 Å². The summed E-state index contributed by atoms with van der Waals surface area (Å²) >= 11 is 3.31. The molecule has 1 aliphatic heterocycles. The van der Waals surface area contributed by atoms with Crippen molar-refractivity contribution in [2.24, 2.45) is 0 Å². The topological polar surface area (TPSA) is 84.5 Å². The van der Waals surface area contributed by atoms with E-state index in [4.69, 9.17) is 4.74 Å². The number of hydrogen-bond acceptors (Lipinski definition) is 4. The third-order valence-electron chi connectivity index (χ3n) is 3.05. The van der Waals surface area contributed by atoms with E-state index < -0.39 is 12.0 Å². The lowest BCUT2D eigenvalue weighted by molar-refractivity contribution is -0.122. The number of halogens is 1. The molecule has 1 heterocycles. The average Bonchev–Trinajstić information content (AvgIpc) is 2.88. The smallest absolute Gasteiger partial charge is 0.338 e. The van der Waals surface area contributed by atoms with Crippen molar-refractivity contribution in [3.05, 3.63) is 28.2 Å². The molecule has 6 nitrogen and oxygen atoms in total. The quantitative estimate of drug-likeness (QED) is 0.808. The zero-order chi connectivity index (χ0) is 15.4. The molecule has 1 aromatic rings. The van der Waals surface area contributed by atoms with Gasteiger partial charge in [0.15, 0.2) is 0 Å². The first-order valence-corrected chi connectivity index (χ1v) is 7.37. The molecule has 21 heavy (non-hydrogen) atoms. The highest BCUT2D eigenvalue weighted by Gasteiger charge is 2.27. The van der Waals surface area contributed by atoms with Crippen LogP contribution in [0.25, 0.3) is 0 Å². The van der Waals surface area contributed by atoms with Crippen LogP contribution in [0.4, 0.5) is 5.69 Å². The Hall–Kier alpha value is -1.89. The number of ether oxygens (including phenoxy) is 1. The van der Waals surface area contributed by atoms with Gasteiger partial charge in [-0.2, -0.15) is 0 Å². The van der Waals surface area contributed by atoms with Gasteiger partial charge in [0.05, 0.1) is 17.9 Å². The Labute approximate surface area is 130 Å². The number of carbonyl (C=O) groups is 3. The first-order chi connectivity index (χ1) is 10.0. The Kier molecular flexibility index (Phi) is 4.95. The fourth-order valence-corrected chi connectivity index (χ4v) is 2.47. The minimum atomic E-state index is -0.505. The maximum Gasteiger partial charge on any atom is 0.338 e. The van der Waals surface area contributed by atoms with E-state index in [0.29, 0.717) is 35.2 Å². The molecule has 0 saturated carbocycles. The Morgan fingerprint density at radius 1 is 1.48 bits per heavy atom. The molecule has 1 atom stereocenters. The van der Waals surface area contributed by atoms with Gasteiger partial charge in [0.25, 0.3) is 0 Å². The van der Waals surface area contributed by atoms with Crippen LogP contribution in [-0.4, -0.2) is 30.4 Å². The van der Waals surface area contributed by atoms with E-state index >= 15 is 0 Å². The SMILES string of the molecule is CCOC(=O)c1ccc(NC(=O)[C@H]2CCC(=O)N2)c(Br)c1. The van der Waals surface area contributed by atoms with Crippen LogP contribution < -0.4 is 10.6 Å². The van der Waals surface area contributed by atoms with Crippen LogP contribution in [0.3, 0.4) is 0 Å². The van der Waals surface area contributed by atoms with Crippen LogP contribution in [0.1, 0.15) is 30.1 Å². The Balaban J connectivity index is 2.05. The van der Waals surface area contributed by atoms with E-state index in [1.165, 1.54) is 0 Å². The summed E-state index contributed by atoms with van der Waals surface area (Å²) in [6, 6.07) is 4.27. The first-order valence-electron chi connectivity index (χ1n) is 6.58. The number of amides is 2. The van der Waals surface area contributed by atoms with Crippen molar-refractivity contribution >= 4 is 39.4 Å². The maximum absolute atomic E-state index is 12.0. The largest absolute Gasteiger partial charge is 0.462 e. The fourth-order valence-electron chi connectivity index (χ4n) is 1.99. The molecule has 2 rings (SSSR count). The van der Waals surface area contributed by atoms with Crippen molar-refractivity contribution in [2.75, 3.05) is 11.9 Å². The molecule has 0 radical (unpaired) electrons. The standard InChI is InChI=1S/C14H15BrN2O4/c1-2-21-14(20)8-3-4-10(9(15)7-8)17-13(19)11-5-6-12(18)16-11/h3-4,7,11H,2,5-6H2,1H3,(H,16,18)(H,17,19)/t11-/m1/s1. The summed E-state index contributed by atoms with van der Waals surface area (Å²) in [7, 11) is 0. The first kappa shape index (κ1) is 15.5. The zero-order valence-electron chi connectivity index (χ0n) is 11.4. The highest BCUT2D eigenvalue weighted by Crippen LogP contribution is 2.24. The minimum absolute atomic E-state index is 0.119. The van der Waals surface area contributed by atoms with E-state index in [1.54, 1.807) is 25.1 Å². The molecule has 112 valence electrons. The van der Waals surface area contributed by atoms with Crippen LogP contribution in [0.15, 0.2) is 22.7 Å². The van der Waals surface area contributed by atoms with Crippen molar-refractivity contribution in [2.45, 2.75) is 25.8 Å². The van der Waals surface area contributed by atoms with Crippen molar-refractivity contribution in [1.29, 1.82) is 0 Å². The van der Waals surface area contributed by atoms with Gasteiger partial charge in [-0.25, -0.2) is 4.79 Å². The van der Waals surface area contributed by atoms with Crippen LogP contribution in [-0.2, 0) is 14.3 Å². The van der Waals surface area contributed by atoms with Gasteiger partial charge in [-0.3, -0.25) is 9.59 Å². The van der Waals surface area contributed by atoms with E-state index in [1.807, 2.05) is 0 Å². The van der Waals surface area contributed by atoms with Gasteiger partial charge in [0.1, 0.15) is 6.04 Å². The second-order valence-electron chi connectivity index (χ2n) is 4.56. The molecule has 0 aliphatic carbocycles. The Bertz CT molecular complexity index is 588. The fraction of sp³-hybridized carbons (Fsp3) is 0.357. The molecule has 1 aromatic carbocycles. The summed E-state index contributed by atoms with van der Waals surface area (Å²) in [6.45, 7) is 2.04. The van der Waals surface area contributed by atoms with Crippen LogP contribution >= 0.6 is 15.9 Å². The van der Waals surface area contributed by atoms with Crippen LogP contribution in [0.2, 0.25) is 0 Å². The predicted octanol–water partition coefficient (Wildman–Crippen LogP) is 1.84. The average molecular weight is 355 g/mol.